The number of aryl methyl sites for hydroxylation is 1. The van der Waals surface area contributed by atoms with E-state index < -0.39 is 80.8 Å². The van der Waals surface area contributed by atoms with Crippen molar-refractivity contribution < 1.29 is 45.9 Å². The molecule has 1 aromatic carbocycles. The summed E-state index contributed by atoms with van der Waals surface area (Å²) in [5.74, 6) is -6.45. The van der Waals surface area contributed by atoms with E-state index in [1.165, 1.54) is 16.2 Å². The second-order valence-corrected chi connectivity index (χ2v) is 21.5. The third kappa shape index (κ3) is 9.92. The van der Waals surface area contributed by atoms with Crippen LogP contribution in [0, 0.1) is 24.7 Å². The van der Waals surface area contributed by atoms with Crippen molar-refractivity contribution >= 4 is 60.9 Å². The van der Waals surface area contributed by atoms with E-state index in [0.29, 0.717) is 72.3 Å². The molecular weight excluding hydrogens is 867 g/mol. The molecule has 0 radical (unpaired) electrons. The van der Waals surface area contributed by atoms with Crippen LogP contribution in [0.3, 0.4) is 0 Å². The maximum atomic E-state index is 15.0. The number of alkyl halides is 2. The lowest BCUT2D eigenvalue weighted by Crippen LogP contribution is -2.57. The summed E-state index contributed by atoms with van der Waals surface area (Å²) >= 11 is 1.44. The van der Waals surface area contributed by atoms with Crippen molar-refractivity contribution in [3.8, 4) is 22.9 Å². The van der Waals surface area contributed by atoms with Crippen LogP contribution in [0.5, 0.6) is 11.5 Å². The van der Waals surface area contributed by atoms with Gasteiger partial charge < -0.3 is 25.0 Å². The van der Waals surface area contributed by atoms with Gasteiger partial charge in [-0.05, 0) is 84.3 Å². The molecule has 64 heavy (non-hydrogen) atoms. The molecule has 14 nitrogen and oxygen atoms in total. The number of halogens is 2. The average Bonchev–Trinajstić information content (AvgIpc) is 4.13. The Morgan fingerprint density at radius 1 is 1.03 bits per heavy atom. The zero-order valence-electron chi connectivity index (χ0n) is 36.8. The molecule has 0 spiro atoms. The van der Waals surface area contributed by atoms with E-state index in [-0.39, 0.29) is 50.5 Å². The van der Waals surface area contributed by atoms with Gasteiger partial charge in [0.05, 0.1) is 30.1 Å². The van der Waals surface area contributed by atoms with Crippen molar-refractivity contribution in [2.45, 2.75) is 146 Å². The number of allylic oxidation sites excluding steroid dienone is 1. The van der Waals surface area contributed by atoms with Crippen LogP contribution in [-0.4, -0.2) is 95.3 Å². The minimum atomic E-state index is -3.95. The fourth-order valence-electron chi connectivity index (χ4n) is 9.55. The lowest BCUT2D eigenvalue weighted by molar-refractivity contribution is -0.145. The third-order valence-electron chi connectivity index (χ3n) is 13.3. The number of anilines is 1. The molecule has 346 valence electrons. The first-order chi connectivity index (χ1) is 30.5. The number of nitrogens with one attached hydrogen (secondary N) is 3. The number of carbonyl (C=O) groups excluding carboxylic acids is 4. The number of thiazole rings is 1. The van der Waals surface area contributed by atoms with Crippen molar-refractivity contribution in [2.75, 3.05) is 19.0 Å². The highest BCUT2D eigenvalue weighted by atomic mass is 32.2. The van der Waals surface area contributed by atoms with E-state index in [4.69, 9.17) is 19.4 Å². The molecule has 3 aliphatic carbocycles. The van der Waals surface area contributed by atoms with Gasteiger partial charge in [0.15, 0.2) is 5.13 Å². The number of ketones is 1. The molecule has 5 aliphatic rings. The van der Waals surface area contributed by atoms with Crippen LogP contribution in [-0.2, 0) is 29.2 Å². The highest BCUT2D eigenvalue weighted by Gasteiger charge is 2.62. The SMILES string of the molecule is COc1ccc2c(O[C@@H]3C[C@H]4C(=O)N[C@]5(C(=O)NS(=O)(=O)C6CC6)C[C@H]5/C=C\CCCCC[C@H](CC(=O)C5CCCC(F)(F)C5)C(=O)N4C3)cc(-c3csc(NC(C)C)n3)nc2c1C. The van der Waals surface area contributed by atoms with Gasteiger partial charge in [-0.2, -0.15) is 0 Å². The zero-order valence-corrected chi connectivity index (χ0v) is 38.4. The Hall–Kier alpha value is -4.71. The molecule has 18 heteroatoms. The predicted molar refractivity (Wildman–Crippen MR) is 239 cm³/mol. The number of rotatable bonds is 12. The van der Waals surface area contributed by atoms with E-state index in [0.717, 1.165) is 23.5 Å². The van der Waals surface area contributed by atoms with Crippen LogP contribution in [0.1, 0.15) is 109 Å². The highest BCUT2D eigenvalue weighted by Crippen LogP contribution is 2.47. The Morgan fingerprint density at radius 2 is 1.83 bits per heavy atom. The standard InChI is InChI=1S/C46H58F2N6O8S2/c1-26(2)49-44-51-35(25-63-44)34-21-39(33-16-17-38(61-4)27(3)40(33)50-34)62-31-20-36-41(56)52-46(43(58)53-64(59,60)32-14-15-32)23-30(46)13-9-7-5-6-8-11-28(42(57)54(36)24-31)19-37(55)29-12-10-18-45(47,48)22-29/h9,13,16-17,21,25-26,28-32,36H,5-8,10-12,14-15,18-20,22-24H2,1-4H3,(H,49,51)(H,52,56)(H,53,58)/b13-9-/t28-,29?,30-,31-,36+,46-/m1/s1. The number of Topliss-reactive ketones (excluding diaryl/α,β-unsaturated/α-hetero) is 1. The van der Waals surface area contributed by atoms with Crippen molar-refractivity contribution in [1.29, 1.82) is 0 Å². The van der Waals surface area contributed by atoms with Crippen molar-refractivity contribution in [3.05, 3.63) is 41.3 Å². The van der Waals surface area contributed by atoms with Crippen molar-refractivity contribution in [2.24, 2.45) is 17.8 Å². The van der Waals surface area contributed by atoms with Gasteiger partial charge in [-0.3, -0.25) is 23.9 Å². The minimum Gasteiger partial charge on any atom is -0.496 e. The maximum absolute atomic E-state index is 15.0. The third-order valence-corrected chi connectivity index (χ3v) is 15.9. The topological polar surface area (TPSA) is 186 Å². The van der Waals surface area contributed by atoms with Gasteiger partial charge in [0.25, 0.3) is 5.91 Å². The number of pyridine rings is 1. The highest BCUT2D eigenvalue weighted by molar-refractivity contribution is 7.91. The molecule has 1 unspecified atom stereocenters. The van der Waals surface area contributed by atoms with Crippen LogP contribution >= 0.6 is 11.3 Å². The molecule has 0 bridgehead atoms. The van der Waals surface area contributed by atoms with Crippen molar-refractivity contribution in [3.63, 3.8) is 0 Å². The van der Waals surface area contributed by atoms with Gasteiger partial charge in [0.1, 0.15) is 40.7 Å². The van der Waals surface area contributed by atoms with Crippen molar-refractivity contribution in [1.82, 2.24) is 24.9 Å². The van der Waals surface area contributed by atoms with E-state index in [1.807, 2.05) is 50.4 Å². The number of nitrogens with zero attached hydrogens (tertiary/aromatic N) is 3. The number of carbonyl (C=O) groups is 4. The molecule has 4 heterocycles. The number of ether oxygens (including phenoxy) is 2. The fourth-order valence-corrected chi connectivity index (χ4v) is 11.8. The molecular formula is C46H58F2N6O8S2. The second kappa shape index (κ2) is 18.3. The number of hydrogen-bond donors (Lipinski definition) is 3. The molecule has 2 aromatic heterocycles. The van der Waals surface area contributed by atoms with Crippen LogP contribution in [0.2, 0.25) is 0 Å². The molecule has 6 atom stereocenters. The molecule has 2 aliphatic heterocycles. The van der Waals surface area contributed by atoms with Gasteiger partial charge in [0, 0.05) is 71.9 Å². The summed E-state index contributed by atoms with van der Waals surface area (Å²) in [6.45, 7) is 5.87. The van der Waals surface area contributed by atoms with Crippen LogP contribution < -0.4 is 24.8 Å². The Kier molecular flexibility index (Phi) is 13.1. The first-order valence-corrected chi connectivity index (χ1v) is 25.0. The summed E-state index contributed by atoms with van der Waals surface area (Å²) in [6, 6.07) is 4.41. The van der Waals surface area contributed by atoms with Crippen LogP contribution in [0.15, 0.2) is 35.7 Å². The summed E-state index contributed by atoms with van der Waals surface area (Å²) < 4.78 is 69.7. The summed E-state index contributed by atoms with van der Waals surface area (Å²) in [4.78, 5) is 68.6. The first kappa shape index (κ1) is 45.8. The van der Waals surface area contributed by atoms with Crippen LogP contribution in [0.25, 0.3) is 22.3 Å². The number of fused-ring (bicyclic) bond motifs is 3. The van der Waals surface area contributed by atoms with Gasteiger partial charge in [-0.1, -0.05) is 25.0 Å². The number of amides is 3. The van der Waals surface area contributed by atoms with Gasteiger partial charge >= 0.3 is 0 Å². The Bertz CT molecular complexity index is 2440. The summed E-state index contributed by atoms with van der Waals surface area (Å²) in [6.07, 6.45) is 6.62. The summed E-state index contributed by atoms with van der Waals surface area (Å²) in [5, 5.41) is 8.83. The van der Waals surface area contributed by atoms with E-state index in [1.54, 1.807) is 13.2 Å². The van der Waals surface area contributed by atoms with E-state index in [9.17, 15) is 36.4 Å². The Balaban J connectivity index is 1.14. The number of methoxy groups -OCH3 is 1. The molecule has 8 rings (SSSR count). The fraction of sp³-hybridized carbons (Fsp3) is 0.609. The lowest BCUT2D eigenvalue weighted by Gasteiger charge is -2.31. The zero-order chi connectivity index (χ0) is 45.6. The van der Waals surface area contributed by atoms with Gasteiger partial charge in [0.2, 0.25) is 27.8 Å². The Morgan fingerprint density at radius 3 is 2.56 bits per heavy atom. The van der Waals surface area contributed by atoms with Gasteiger partial charge in [-0.15, -0.1) is 11.3 Å². The van der Waals surface area contributed by atoms with E-state index >= 15 is 0 Å². The van der Waals surface area contributed by atoms with E-state index in [2.05, 4.69) is 15.4 Å². The number of benzene rings is 1. The number of aromatic nitrogens is 2. The molecule has 3 aromatic rings. The summed E-state index contributed by atoms with van der Waals surface area (Å²) in [7, 11) is -2.37. The minimum absolute atomic E-state index is 0.000884. The largest absolute Gasteiger partial charge is 0.496 e. The molecule has 1 saturated heterocycles. The maximum Gasteiger partial charge on any atom is 0.259 e. The normalized spacial score (nSPS) is 28.0. The van der Waals surface area contributed by atoms with Crippen LogP contribution in [0.4, 0.5) is 13.9 Å². The lowest BCUT2D eigenvalue weighted by atomic mass is 9.80. The average molecular weight is 925 g/mol. The quantitative estimate of drug-likeness (QED) is 0.156. The Labute approximate surface area is 376 Å². The molecule has 3 saturated carbocycles. The predicted octanol–water partition coefficient (Wildman–Crippen LogP) is 7.25. The second-order valence-electron chi connectivity index (χ2n) is 18.6. The molecule has 3 amide bonds. The first-order valence-electron chi connectivity index (χ1n) is 22.6. The molecule has 3 N–H and O–H groups in total. The van der Waals surface area contributed by atoms with Gasteiger partial charge in [-0.25, -0.2) is 27.2 Å². The summed E-state index contributed by atoms with van der Waals surface area (Å²) in [5.41, 5.74) is 0.948. The number of hydrogen-bond acceptors (Lipinski definition) is 12. The monoisotopic (exact) mass is 924 g/mol. The molecule has 4 fully saturated rings. The smallest absolute Gasteiger partial charge is 0.259 e. The number of sulfonamides is 1.